The van der Waals surface area contributed by atoms with Crippen molar-refractivity contribution in [2.24, 2.45) is 17.8 Å². The second-order valence-electron chi connectivity index (χ2n) is 7.58. The highest BCUT2D eigenvalue weighted by atomic mass is 16.6. The van der Waals surface area contributed by atoms with Crippen molar-refractivity contribution in [2.75, 3.05) is 18.5 Å². The number of carbonyl (C=O) groups excluding carboxylic acids is 3. The molecule has 31 heavy (non-hydrogen) atoms. The first-order valence-electron chi connectivity index (χ1n) is 10.3. The predicted octanol–water partition coefficient (Wildman–Crippen LogP) is 3.67. The highest BCUT2D eigenvalue weighted by Crippen LogP contribution is 2.25. The van der Waals surface area contributed by atoms with Gasteiger partial charge in [-0.3, -0.25) is 9.59 Å². The normalized spacial score (nSPS) is 12.5. The quantitative estimate of drug-likeness (QED) is 0.277. The van der Waals surface area contributed by atoms with E-state index >= 15 is 0 Å². The van der Waals surface area contributed by atoms with Crippen molar-refractivity contribution in [3.8, 4) is 0 Å². The lowest BCUT2D eigenvalue weighted by Gasteiger charge is -2.22. The Labute approximate surface area is 182 Å². The number of hydrogen-bond acceptors (Lipinski definition) is 6. The summed E-state index contributed by atoms with van der Waals surface area (Å²) in [7, 11) is 0. The molecule has 2 N–H and O–H groups in total. The van der Waals surface area contributed by atoms with Crippen LogP contribution >= 0.6 is 0 Å². The third kappa shape index (κ3) is 9.46. The van der Waals surface area contributed by atoms with Gasteiger partial charge in [0, 0.05) is 17.7 Å². The lowest BCUT2D eigenvalue weighted by Crippen LogP contribution is -2.29. The number of amides is 1. The number of aromatic carboxylic acids is 1. The van der Waals surface area contributed by atoms with E-state index in [9.17, 15) is 19.2 Å². The van der Waals surface area contributed by atoms with Crippen LogP contribution in [0, 0.1) is 17.8 Å². The van der Waals surface area contributed by atoms with Crippen molar-refractivity contribution in [3.05, 3.63) is 42.5 Å². The third-order valence-electron chi connectivity index (χ3n) is 4.66. The average molecular weight is 434 g/mol. The SMILES string of the molecule is C=CC(=O)OCCOC(=O)C(CC(C)C)CC(CC)C(=O)Nc1ccc(C(=O)O)cc1. The van der Waals surface area contributed by atoms with Gasteiger partial charge in [0.15, 0.2) is 0 Å². The van der Waals surface area contributed by atoms with Crippen molar-refractivity contribution in [1.82, 2.24) is 0 Å². The Kier molecular flexibility index (Phi) is 11.0. The molecule has 2 unspecified atom stereocenters. The Morgan fingerprint density at radius 3 is 2.16 bits per heavy atom. The van der Waals surface area contributed by atoms with Gasteiger partial charge in [-0.1, -0.05) is 27.4 Å². The van der Waals surface area contributed by atoms with Crippen LogP contribution in [0.25, 0.3) is 0 Å². The molecule has 0 aliphatic heterocycles. The molecule has 1 amide bonds. The van der Waals surface area contributed by atoms with E-state index in [4.69, 9.17) is 14.6 Å². The van der Waals surface area contributed by atoms with Crippen LogP contribution in [0.15, 0.2) is 36.9 Å². The summed E-state index contributed by atoms with van der Waals surface area (Å²) in [5.41, 5.74) is 0.615. The highest BCUT2D eigenvalue weighted by molar-refractivity contribution is 5.94. The maximum absolute atomic E-state index is 12.7. The topological polar surface area (TPSA) is 119 Å². The number of esters is 2. The van der Waals surface area contributed by atoms with Gasteiger partial charge >= 0.3 is 17.9 Å². The predicted molar refractivity (Wildman–Crippen MR) is 115 cm³/mol. The van der Waals surface area contributed by atoms with E-state index in [1.54, 1.807) is 0 Å². The Balaban J connectivity index is 2.72. The Hall–Kier alpha value is -3.16. The minimum absolute atomic E-state index is 0.0605. The van der Waals surface area contributed by atoms with Crippen LogP contribution in [0.5, 0.6) is 0 Å². The number of carboxylic acid groups (broad SMARTS) is 1. The van der Waals surface area contributed by atoms with Crippen LogP contribution < -0.4 is 5.32 Å². The van der Waals surface area contributed by atoms with Gasteiger partial charge in [-0.2, -0.15) is 0 Å². The van der Waals surface area contributed by atoms with E-state index in [1.165, 1.54) is 24.3 Å². The summed E-state index contributed by atoms with van der Waals surface area (Å²) in [5, 5.41) is 11.7. The molecule has 0 aromatic heterocycles. The minimum Gasteiger partial charge on any atom is -0.478 e. The van der Waals surface area contributed by atoms with Crippen molar-refractivity contribution in [2.45, 2.75) is 40.0 Å². The molecular formula is C23H31NO7. The lowest BCUT2D eigenvalue weighted by atomic mass is 9.86. The largest absolute Gasteiger partial charge is 0.478 e. The van der Waals surface area contributed by atoms with E-state index in [0.717, 1.165) is 6.08 Å². The number of nitrogens with one attached hydrogen (secondary N) is 1. The van der Waals surface area contributed by atoms with Crippen LogP contribution in [0.4, 0.5) is 5.69 Å². The van der Waals surface area contributed by atoms with Gasteiger partial charge in [0.2, 0.25) is 5.91 Å². The second-order valence-corrected chi connectivity index (χ2v) is 7.58. The summed E-state index contributed by atoms with van der Waals surface area (Å²) in [5.74, 6) is -2.98. The molecule has 0 aliphatic carbocycles. The van der Waals surface area contributed by atoms with Gasteiger partial charge in [-0.15, -0.1) is 0 Å². The summed E-state index contributed by atoms with van der Waals surface area (Å²) >= 11 is 0. The number of carboxylic acids is 1. The second kappa shape index (κ2) is 13.2. The first-order valence-corrected chi connectivity index (χ1v) is 10.3. The Bertz CT molecular complexity index is 771. The van der Waals surface area contributed by atoms with Gasteiger partial charge < -0.3 is 19.9 Å². The van der Waals surface area contributed by atoms with E-state index in [-0.39, 0.29) is 30.6 Å². The molecule has 0 fully saturated rings. The first kappa shape index (κ1) is 25.9. The van der Waals surface area contributed by atoms with Crippen LogP contribution in [-0.2, 0) is 23.9 Å². The zero-order valence-corrected chi connectivity index (χ0v) is 18.3. The molecule has 0 heterocycles. The summed E-state index contributed by atoms with van der Waals surface area (Å²) in [6.07, 6.45) is 2.43. The number of rotatable bonds is 13. The first-order chi connectivity index (χ1) is 14.7. The van der Waals surface area contributed by atoms with Crippen molar-refractivity contribution < 1.29 is 33.8 Å². The summed E-state index contributed by atoms with van der Waals surface area (Å²) in [4.78, 5) is 47.3. The Morgan fingerprint density at radius 1 is 1.03 bits per heavy atom. The van der Waals surface area contributed by atoms with E-state index in [2.05, 4.69) is 11.9 Å². The molecule has 0 saturated heterocycles. The number of benzene rings is 1. The van der Waals surface area contributed by atoms with Crippen LogP contribution in [0.1, 0.15) is 50.4 Å². The highest BCUT2D eigenvalue weighted by Gasteiger charge is 2.28. The average Bonchev–Trinajstić information content (AvgIpc) is 2.73. The molecule has 1 aromatic carbocycles. The van der Waals surface area contributed by atoms with Crippen molar-refractivity contribution in [1.29, 1.82) is 0 Å². The van der Waals surface area contributed by atoms with Crippen LogP contribution in [0.2, 0.25) is 0 Å². The standard InChI is InChI=1S/C23H31NO7/c1-5-16(21(26)24-19-9-7-17(8-10-19)22(27)28)14-18(13-15(3)4)23(29)31-12-11-30-20(25)6-2/h6-10,15-16,18H,2,5,11-14H2,1,3-4H3,(H,24,26)(H,27,28). The molecule has 0 radical (unpaired) electrons. The molecular weight excluding hydrogens is 402 g/mol. The van der Waals surface area contributed by atoms with E-state index < -0.39 is 29.7 Å². The third-order valence-corrected chi connectivity index (χ3v) is 4.66. The maximum Gasteiger partial charge on any atom is 0.335 e. The fourth-order valence-corrected chi connectivity index (χ4v) is 3.06. The van der Waals surface area contributed by atoms with E-state index in [0.29, 0.717) is 24.9 Å². The molecule has 0 spiro atoms. The number of carbonyl (C=O) groups is 4. The molecule has 2 atom stereocenters. The number of hydrogen-bond donors (Lipinski definition) is 2. The fourth-order valence-electron chi connectivity index (χ4n) is 3.06. The van der Waals surface area contributed by atoms with E-state index in [1.807, 2.05) is 20.8 Å². The zero-order valence-electron chi connectivity index (χ0n) is 18.3. The van der Waals surface area contributed by atoms with Crippen LogP contribution in [-0.4, -0.2) is 42.1 Å². The molecule has 8 heteroatoms. The van der Waals surface area contributed by atoms with Gasteiger partial charge in [0.05, 0.1) is 11.5 Å². The molecule has 0 saturated carbocycles. The van der Waals surface area contributed by atoms with Gasteiger partial charge in [-0.05, 0) is 49.4 Å². The summed E-state index contributed by atoms with van der Waals surface area (Å²) < 4.78 is 10.0. The summed E-state index contributed by atoms with van der Waals surface area (Å²) in [6, 6.07) is 5.88. The van der Waals surface area contributed by atoms with Crippen LogP contribution in [0.3, 0.4) is 0 Å². The van der Waals surface area contributed by atoms with Gasteiger partial charge in [0.1, 0.15) is 13.2 Å². The monoisotopic (exact) mass is 433 g/mol. The fraction of sp³-hybridized carbons (Fsp3) is 0.478. The molecule has 1 rings (SSSR count). The van der Waals surface area contributed by atoms with Gasteiger partial charge in [-0.25, -0.2) is 9.59 Å². The smallest absolute Gasteiger partial charge is 0.335 e. The van der Waals surface area contributed by atoms with Crippen molar-refractivity contribution in [3.63, 3.8) is 0 Å². The Morgan fingerprint density at radius 2 is 1.65 bits per heavy atom. The van der Waals surface area contributed by atoms with Gasteiger partial charge in [0.25, 0.3) is 0 Å². The lowest BCUT2D eigenvalue weighted by molar-refractivity contribution is -0.154. The molecule has 0 bridgehead atoms. The molecule has 0 aliphatic rings. The summed E-state index contributed by atoms with van der Waals surface area (Å²) in [6.45, 7) is 9.00. The van der Waals surface area contributed by atoms with Crippen molar-refractivity contribution >= 4 is 29.5 Å². The number of anilines is 1. The maximum atomic E-state index is 12.7. The minimum atomic E-state index is -1.04. The molecule has 170 valence electrons. The molecule has 1 aromatic rings. The molecule has 8 nitrogen and oxygen atoms in total. The number of ether oxygens (including phenoxy) is 2. The zero-order chi connectivity index (χ0) is 23.4.